The molecule has 0 radical (unpaired) electrons. The summed E-state index contributed by atoms with van der Waals surface area (Å²) in [5, 5.41) is 6.63. The van der Waals surface area contributed by atoms with Gasteiger partial charge in [-0.3, -0.25) is 9.59 Å². The maximum Gasteiger partial charge on any atom is 0.435 e. The van der Waals surface area contributed by atoms with Crippen molar-refractivity contribution in [3.8, 4) is 17.1 Å². The number of piperazine rings is 1. The van der Waals surface area contributed by atoms with Gasteiger partial charge >= 0.3 is 12.3 Å². The van der Waals surface area contributed by atoms with Crippen molar-refractivity contribution in [1.82, 2.24) is 39.1 Å². The number of aromatic amines is 1. The molecule has 0 atom stereocenters. The zero-order valence-corrected chi connectivity index (χ0v) is 35.6. The number of amides is 3. The van der Waals surface area contributed by atoms with Gasteiger partial charge in [0.15, 0.2) is 25.7 Å². The Kier molecular flexibility index (Phi) is 11.3. The van der Waals surface area contributed by atoms with Crippen molar-refractivity contribution >= 4 is 54.5 Å². The number of anilines is 1. The molecule has 1 aliphatic rings. The number of imidazole rings is 1. The molecule has 1 aliphatic heterocycles. The predicted molar refractivity (Wildman–Crippen MR) is 216 cm³/mol. The minimum atomic E-state index is -4.85. The first-order valence-electron chi connectivity index (χ1n) is 18.6. The second-order valence-corrected chi connectivity index (χ2v) is 21.9. The summed E-state index contributed by atoms with van der Waals surface area (Å²) < 4.78 is 57.3. The van der Waals surface area contributed by atoms with Gasteiger partial charge < -0.3 is 33.8 Å². The standard InChI is InChI=1S/C39H47ClF3N9O5Si/c1-37(2,3)57-36(55)51-16-14-50(15-17-51)35(54)25-11-10-23(18-27(25)40)46-34(53)33-44-20-30(49(33)7)26-21-52(48-32(26)39(41,42)43)31-13-12-28-29(47-31)19-24(45-28)22-56-58(8,9)38(4,5)6/h10-13,18-21,45H,14-17,22H2,1-9H3,(H,46,53). The Morgan fingerprint density at radius 1 is 0.966 bits per heavy atom. The van der Waals surface area contributed by atoms with Crippen LogP contribution in [0.15, 0.2) is 48.8 Å². The van der Waals surface area contributed by atoms with E-state index in [4.69, 9.17) is 20.8 Å². The fourth-order valence-corrected chi connectivity index (χ4v) is 7.25. The Bertz CT molecular complexity index is 2370. The molecule has 310 valence electrons. The van der Waals surface area contributed by atoms with Gasteiger partial charge in [-0.25, -0.2) is 19.4 Å². The topological polar surface area (TPSA) is 152 Å². The summed E-state index contributed by atoms with van der Waals surface area (Å²) in [4.78, 5) is 54.2. The number of aromatic nitrogens is 6. The van der Waals surface area contributed by atoms with E-state index in [0.717, 1.165) is 10.4 Å². The Labute approximate surface area is 339 Å². The number of carbonyl (C=O) groups is 3. The Morgan fingerprint density at radius 3 is 2.26 bits per heavy atom. The lowest BCUT2D eigenvalue weighted by atomic mass is 10.1. The highest BCUT2D eigenvalue weighted by atomic mass is 35.5. The lowest BCUT2D eigenvalue weighted by Crippen LogP contribution is -2.51. The van der Waals surface area contributed by atoms with Crippen LogP contribution in [0.3, 0.4) is 0 Å². The van der Waals surface area contributed by atoms with Crippen LogP contribution in [0.25, 0.3) is 28.1 Å². The van der Waals surface area contributed by atoms with Gasteiger partial charge in [-0.2, -0.15) is 18.3 Å². The largest absolute Gasteiger partial charge is 0.444 e. The normalized spacial score (nSPS) is 14.3. The van der Waals surface area contributed by atoms with Crippen molar-refractivity contribution in [1.29, 1.82) is 0 Å². The van der Waals surface area contributed by atoms with E-state index >= 15 is 0 Å². The molecule has 1 aromatic carbocycles. The molecule has 0 saturated carbocycles. The van der Waals surface area contributed by atoms with E-state index in [1.807, 2.05) is 6.07 Å². The van der Waals surface area contributed by atoms with Crippen LogP contribution in [0, 0.1) is 0 Å². The third-order valence-corrected chi connectivity index (χ3v) is 15.1. The van der Waals surface area contributed by atoms with Crippen molar-refractivity contribution in [3.63, 3.8) is 0 Å². The first-order valence-corrected chi connectivity index (χ1v) is 21.9. The minimum Gasteiger partial charge on any atom is -0.444 e. The summed E-state index contributed by atoms with van der Waals surface area (Å²) in [6, 6.07) is 9.45. The van der Waals surface area contributed by atoms with Gasteiger partial charge in [0.1, 0.15) is 5.60 Å². The number of halogens is 4. The fraction of sp³-hybridized carbons (Fsp3) is 0.436. The lowest BCUT2D eigenvalue weighted by molar-refractivity contribution is -0.140. The van der Waals surface area contributed by atoms with E-state index in [0.29, 0.717) is 30.7 Å². The number of nitrogens with zero attached hydrogens (tertiary/aromatic N) is 7. The Morgan fingerprint density at radius 2 is 1.64 bits per heavy atom. The molecule has 1 saturated heterocycles. The van der Waals surface area contributed by atoms with E-state index in [-0.39, 0.29) is 63.2 Å². The van der Waals surface area contributed by atoms with Crippen molar-refractivity contribution in [2.24, 2.45) is 7.05 Å². The highest BCUT2D eigenvalue weighted by Gasteiger charge is 2.40. The number of pyridine rings is 1. The number of benzene rings is 1. The number of nitrogens with one attached hydrogen (secondary N) is 2. The number of ether oxygens (including phenoxy) is 1. The molecule has 0 aliphatic carbocycles. The molecular formula is C39H47ClF3N9O5Si. The first kappa shape index (κ1) is 42.4. The summed E-state index contributed by atoms with van der Waals surface area (Å²) in [7, 11) is -0.609. The smallest absolute Gasteiger partial charge is 0.435 e. The van der Waals surface area contributed by atoms with Crippen LogP contribution in [0.5, 0.6) is 0 Å². The van der Waals surface area contributed by atoms with Gasteiger partial charge in [-0.05, 0) is 75.3 Å². The zero-order chi connectivity index (χ0) is 42.5. The summed E-state index contributed by atoms with van der Waals surface area (Å²) >= 11 is 6.50. The summed E-state index contributed by atoms with van der Waals surface area (Å²) in [5.74, 6) is -1.10. The maximum absolute atomic E-state index is 14.4. The molecule has 5 aromatic rings. The van der Waals surface area contributed by atoms with Crippen LogP contribution in [-0.2, 0) is 29.0 Å². The number of alkyl halides is 3. The molecule has 0 spiro atoms. The molecule has 0 bridgehead atoms. The Balaban J connectivity index is 1.16. The molecule has 6 rings (SSSR count). The molecule has 3 amide bonds. The highest BCUT2D eigenvalue weighted by Crippen LogP contribution is 2.38. The van der Waals surface area contributed by atoms with E-state index in [1.165, 1.54) is 47.1 Å². The van der Waals surface area contributed by atoms with Gasteiger partial charge in [-0.1, -0.05) is 32.4 Å². The van der Waals surface area contributed by atoms with Crippen molar-refractivity contribution in [2.45, 2.75) is 78.1 Å². The van der Waals surface area contributed by atoms with Crippen molar-refractivity contribution in [3.05, 3.63) is 76.6 Å². The number of fused-ring (bicyclic) bond motifs is 1. The van der Waals surface area contributed by atoms with Crippen LogP contribution in [0.1, 0.15) is 73.9 Å². The molecular weight excluding hydrogens is 795 g/mol. The van der Waals surface area contributed by atoms with Crippen LogP contribution in [0.4, 0.5) is 23.7 Å². The first-order chi connectivity index (χ1) is 26.9. The Hall–Kier alpha value is -5.20. The molecule has 19 heteroatoms. The van der Waals surface area contributed by atoms with Gasteiger partial charge in [0.05, 0.1) is 45.7 Å². The SMILES string of the molecule is Cn1c(-c2cn(-c3ccc4[nH]c(CO[Si](C)(C)C(C)(C)C)cc4n3)nc2C(F)(F)F)cnc1C(=O)Nc1ccc(C(=O)N2CCN(C(=O)OC(C)(C)C)CC2)c(Cl)c1. The quantitative estimate of drug-likeness (QED) is 0.148. The third-order valence-electron chi connectivity index (χ3n) is 10.3. The molecule has 14 nitrogen and oxygen atoms in total. The molecule has 0 unspecified atom stereocenters. The molecule has 2 N–H and O–H groups in total. The van der Waals surface area contributed by atoms with Crippen molar-refractivity contribution < 1.29 is 36.7 Å². The minimum absolute atomic E-state index is 0.0118. The van der Waals surface area contributed by atoms with Crippen LogP contribution >= 0.6 is 11.6 Å². The second-order valence-electron chi connectivity index (χ2n) is 16.7. The molecule has 5 heterocycles. The van der Waals surface area contributed by atoms with Gasteiger partial charge in [0.2, 0.25) is 0 Å². The summed E-state index contributed by atoms with van der Waals surface area (Å²) in [6.45, 7) is 17.6. The van der Waals surface area contributed by atoms with E-state index in [1.54, 1.807) is 37.8 Å². The van der Waals surface area contributed by atoms with Crippen LogP contribution < -0.4 is 5.32 Å². The van der Waals surface area contributed by atoms with E-state index in [9.17, 15) is 27.6 Å². The monoisotopic (exact) mass is 841 g/mol. The maximum atomic E-state index is 14.4. The number of hydrogen-bond donors (Lipinski definition) is 2. The summed E-state index contributed by atoms with van der Waals surface area (Å²) in [5.41, 5.74) is 0.312. The highest BCUT2D eigenvalue weighted by molar-refractivity contribution is 6.74. The van der Waals surface area contributed by atoms with Crippen molar-refractivity contribution in [2.75, 3.05) is 31.5 Å². The third kappa shape index (κ3) is 9.08. The zero-order valence-electron chi connectivity index (χ0n) is 33.8. The van der Waals surface area contributed by atoms with Gasteiger partial charge in [0, 0.05) is 50.8 Å². The van der Waals surface area contributed by atoms with E-state index in [2.05, 4.69) is 59.2 Å². The number of rotatable bonds is 8. The number of carbonyl (C=O) groups excluding carboxylic acids is 3. The predicted octanol–water partition coefficient (Wildman–Crippen LogP) is 8.29. The average Bonchev–Trinajstić information content (AvgIpc) is 3.85. The second kappa shape index (κ2) is 15.5. The molecule has 1 fully saturated rings. The fourth-order valence-electron chi connectivity index (χ4n) is 6.04. The lowest BCUT2D eigenvalue weighted by Gasteiger charge is -2.36. The van der Waals surface area contributed by atoms with Gasteiger partial charge in [0.25, 0.3) is 11.8 Å². The van der Waals surface area contributed by atoms with E-state index < -0.39 is 37.8 Å². The van der Waals surface area contributed by atoms with Crippen LogP contribution in [-0.4, -0.2) is 97.1 Å². The number of hydrogen-bond acceptors (Lipinski definition) is 8. The molecule has 4 aromatic heterocycles. The van der Waals surface area contributed by atoms with Crippen LogP contribution in [0.2, 0.25) is 23.2 Å². The average molecular weight is 842 g/mol. The number of H-pyrrole nitrogens is 1. The molecule has 58 heavy (non-hydrogen) atoms. The summed E-state index contributed by atoms with van der Waals surface area (Å²) in [6.07, 6.45) is -2.92. The van der Waals surface area contributed by atoms with Gasteiger partial charge in [-0.15, -0.1) is 0 Å².